The van der Waals surface area contributed by atoms with Gasteiger partial charge in [-0.2, -0.15) is 5.10 Å². The van der Waals surface area contributed by atoms with Crippen molar-refractivity contribution in [3.05, 3.63) is 53.3 Å². The molecular formula is C22H20N6O. The Kier molecular flexibility index (Phi) is 3.46. The van der Waals surface area contributed by atoms with Crippen LogP contribution in [-0.2, 0) is 0 Å². The summed E-state index contributed by atoms with van der Waals surface area (Å²) in [5.41, 5.74) is 11.5. The molecule has 6 rings (SSSR count). The van der Waals surface area contributed by atoms with Crippen LogP contribution in [0, 0.1) is 11.8 Å². The van der Waals surface area contributed by atoms with Crippen molar-refractivity contribution in [1.82, 2.24) is 24.5 Å². The van der Waals surface area contributed by atoms with Crippen LogP contribution in [0.1, 0.15) is 47.4 Å². The first-order valence-electron chi connectivity index (χ1n) is 9.89. The third-order valence-electron chi connectivity index (χ3n) is 5.76. The fourth-order valence-corrected chi connectivity index (χ4v) is 4.03. The molecule has 4 heterocycles. The van der Waals surface area contributed by atoms with E-state index in [4.69, 9.17) is 10.2 Å². The van der Waals surface area contributed by atoms with E-state index in [9.17, 15) is 0 Å². The van der Waals surface area contributed by atoms with Gasteiger partial charge in [0.05, 0.1) is 5.56 Å². The minimum Gasteiger partial charge on any atom is -0.440 e. The van der Waals surface area contributed by atoms with Crippen molar-refractivity contribution in [3.8, 4) is 11.8 Å². The van der Waals surface area contributed by atoms with Gasteiger partial charge in [0.15, 0.2) is 17.3 Å². The number of likely N-dealkylation sites (tertiary alicyclic amines) is 1. The number of rotatable bonds is 2. The zero-order valence-corrected chi connectivity index (χ0v) is 16.1. The van der Waals surface area contributed by atoms with E-state index in [2.05, 4.69) is 44.9 Å². The van der Waals surface area contributed by atoms with Gasteiger partial charge in [-0.3, -0.25) is 0 Å². The normalized spacial score (nSPS) is 17.4. The number of nitrogens with two attached hydrogens (primary N) is 1. The monoisotopic (exact) mass is 384 g/mol. The van der Waals surface area contributed by atoms with Gasteiger partial charge in [-0.25, -0.2) is 14.5 Å². The molecule has 2 fully saturated rings. The van der Waals surface area contributed by atoms with Crippen molar-refractivity contribution < 1.29 is 4.42 Å². The van der Waals surface area contributed by atoms with Gasteiger partial charge in [0, 0.05) is 36.2 Å². The summed E-state index contributed by atoms with van der Waals surface area (Å²) in [5, 5.41) is 4.43. The van der Waals surface area contributed by atoms with Crippen LogP contribution in [0.25, 0.3) is 16.6 Å². The van der Waals surface area contributed by atoms with Crippen molar-refractivity contribution >= 4 is 22.4 Å². The summed E-state index contributed by atoms with van der Waals surface area (Å²) in [6.07, 6.45) is 3.84. The number of oxazole rings is 1. The number of aromatic nitrogens is 4. The highest BCUT2D eigenvalue weighted by atomic mass is 16.3. The molecule has 0 radical (unpaired) electrons. The van der Waals surface area contributed by atoms with Gasteiger partial charge in [0.2, 0.25) is 0 Å². The highest BCUT2D eigenvalue weighted by Crippen LogP contribution is 2.40. The number of likely N-dealkylation sites (N-methyl/N-ethyl adjacent to an activating group) is 1. The minimum absolute atomic E-state index is 0.435. The zero-order chi connectivity index (χ0) is 19.5. The second-order valence-corrected chi connectivity index (χ2v) is 8.07. The van der Waals surface area contributed by atoms with E-state index >= 15 is 0 Å². The molecule has 0 spiro atoms. The summed E-state index contributed by atoms with van der Waals surface area (Å²) in [7, 11) is 2.12. The smallest absolute Gasteiger partial charge is 0.198 e. The third-order valence-corrected chi connectivity index (χ3v) is 5.76. The molecule has 0 atom stereocenters. The molecule has 2 N–H and O–H groups in total. The lowest BCUT2D eigenvalue weighted by Gasteiger charge is -2.35. The predicted octanol–water partition coefficient (Wildman–Crippen LogP) is 2.76. The van der Waals surface area contributed by atoms with E-state index in [1.807, 2.05) is 22.7 Å². The number of nitrogens with zero attached hydrogens (tertiary/aromatic N) is 5. The van der Waals surface area contributed by atoms with Crippen molar-refractivity contribution in [3.63, 3.8) is 0 Å². The molecule has 3 aromatic heterocycles. The first-order chi connectivity index (χ1) is 14.2. The lowest BCUT2D eigenvalue weighted by atomic mass is 9.97. The van der Waals surface area contributed by atoms with Gasteiger partial charge in [-0.15, -0.1) is 0 Å². The SMILES string of the molecule is CN1CC(c2cc(C#Cc3ccc4oc(C5CC5)nc4c3)c3c(N)ncnn23)C1. The largest absolute Gasteiger partial charge is 0.440 e. The van der Waals surface area contributed by atoms with E-state index < -0.39 is 0 Å². The Hall–Kier alpha value is -3.37. The number of benzene rings is 1. The van der Waals surface area contributed by atoms with Gasteiger partial charge < -0.3 is 15.1 Å². The quantitative estimate of drug-likeness (QED) is 0.535. The molecule has 4 aromatic rings. The molecule has 1 aliphatic heterocycles. The Morgan fingerprint density at radius 2 is 2.00 bits per heavy atom. The maximum Gasteiger partial charge on any atom is 0.198 e. The van der Waals surface area contributed by atoms with E-state index in [1.54, 1.807) is 0 Å². The van der Waals surface area contributed by atoms with Gasteiger partial charge >= 0.3 is 0 Å². The molecule has 2 aliphatic rings. The highest BCUT2D eigenvalue weighted by molar-refractivity contribution is 5.77. The van der Waals surface area contributed by atoms with E-state index in [-0.39, 0.29) is 0 Å². The number of anilines is 1. The van der Waals surface area contributed by atoms with E-state index in [0.717, 1.165) is 52.4 Å². The zero-order valence-electron chi connectivity index (χ0n) is 16.1. The Labute approximate surface area is 167 Å². The summed E-state index contributed by atoms with van der Waals surface area (Å²) < 4.78 is 7.74. The number of nitrogen functional groups attached to an aromatic ring is 1. The summed E-state index contributed by atoms with van der Waals surface area (Å²) in [6.45, 7) is 2.02. The fourth-order valence-electron chi connectivity index (χ4n) is 4.03. The molecule has 0 bridgehead atoms. The first kappa shape index (κ1) is 16.6. The third kappa shape index (κ3) is 2.76. The van der Waals surface area contributed by atoms with Gasteiger partial charge in [-0.1, -0.05) is 11.8 Å². The molecule has 1 saturated heterocycles. The molecule has 144 valence electrons. The minimum atomic E-state index is 0.435. The molecule has 1 aliphatic carbocycles. The summed E-state index contributed by atoms with van der Waals surface area (Å²) in [6, 6.07) is 8.00. The topological polar surface area (TPSA) is 85.5 Å². The van der Waals surface area contributed by atoms with Crippen LogP contribution in [0.15, 0.2) is 35.0 Å². The van der Waals surface area contributed by atoms with E-state index in [1.165, 1.54) is 19.2 Å². The van der Waals surface area contributed by atoms with Gasteiger partial charge in [-0.05, 0) is 44.2 Å². The average molecular weight is 384 g/mol. The Morgan fingerprint density at radius 3 is 2.79 bits per heavy atom. The Balaban J connectivity index is 1.40. The molecular weight excluding hydrogens is 364 g/mol. The van der Waals surface area contributed by atoms with Crippen LogP contribution in [0.4, 0.5) is 5.82 Å². The van der Waals surface area contributed by atoms with Crippen LogP contribution in [0.5, 0.6) is 0 Å². The Bertz CT molecular complexity index is 1310. The molecule has 1 saturated carbocycles. The Morgan fingerprint density at radius 1 is 1.14 bits per heavy atom. The lowest BCUT2D eigenvalue weighted by Crippen LogP contribution is -2.42. The highest BCUT2D eigenvalue weighted by Gasteiger charge is 2.30. The standard InChI is InChI=1S/C22H20N6O/c1-27-10-16(11-27)18-9-15(20-21(23)24-12-25-28(18)20)4-2-13-3-7-19-17(8-13)26-22(29-19)14-5-6-14/h3,7-9,12,14,16H,5-6,10-11H2,1H3,(H2,23,24,25). The molecule has 7 heteroatoms. The van der Waals surface area contributed by atoms with Gasteiger partial charge in [0.1, 0.15) is 17.4 Å². The molecule has 7 nitrogen and oxygen atoms in total. The summed E-state index contributed by atoms with van der Waals surface area (Å²) in [5.74, 6) is 8.77. The summed E-state index contributed by atoms with van der Waals surface area (Å²) >= 11 is 0. The predicted molar refractivity (Wildman–Crippen MR) is 110 cm³/mol. The van der Waals surface area contributed by atoms with Crippen molar-refractivity contribution in [2.45, 2.75) is 24.7 Å². The molecule has 29 heavy (non-hydrogen) atoms. The lowest BCUT2D eigenvalue weighted by molar-refractivity contribution is 0.185. The van der Waals surface area contributed by atoms with Crippen LogP contribution < -0.4 is 5.73 Å². The summed E-state index contributed by atoms with van der Waals surface area (Å²) in [4.78, 5) is 11.1. The number of hydrogen-bond acceptors (Lipinski definition) is 6. The van der Waals surface area contributed by atoms with Crippen molar-refractivity contribution in [2.24, 2.45) is 0 Å². The van der Waals surface area contributed by atoms with E-state index in [0.29, 0.717) is 17.7 Å². The molecule has 0 unspecified atom stereocenters. The van der Waals surface area contributed by atoms with Crippen LogP contribution in [0.3, 0.4) is 0 Å². The van der Waals surface area contributed by atoms with Crippen LogP contribution in [-0.4, -0.2) is 44.6 Å². The second kappa shape index (κ2) is 6.06. The fraction of sp³-hybridized carbons (Fsp3) is 0.318. The first-order valence-corrected chi connectivity index (χ1v) is 9.89. The van der Waals surface area contributed by atoms with Crippen molar-refractivity contribution in [1.29, 1.82) is 0 Å². The van der Waals surface area contributed by atoms with Crippen LogP contribution >= 0.6 is 0 Å². The maximum absolute atomic E-state index is 6.17. The van der Waals surface area contributed by atoms with Crippen LogP contribution in [0.2, 0.25) is 0 Å². The molecule has 0 amide bonds. The average Bonchev–Trinajstić information content (AvgIpc) is 3.35. The van der Waals surface area contributed by atoms with Crippen molar-refractivity contribution in [2.75, 3.05) is 25.9 Å². The molecule has 1 aromatic carbocycles. The number of hydrogen-bond donors (Lipinski definition) is 1. The van der Waals surface area contributed by atoms with Gasteiger partial charge in [0.25, 0.3) is 0 Å². The second-order valence-electron chi connectivity index (χ2n) is 8.07. The number of fused-ring (bicyclic) bond motifs is 2. The maximum atomic E-state index is 6.17.